The second kappa shape index (κ2) is 10.8. The highest BCUT2D eigenvalue weighted by atomic mass is 35.8. The van der Waals surface area contributed by atoms with Crippen LogP contribution in [-0.4, -0.2) is 29.7 Å². The van der Waals surface area contributed by atoms with Crippen LogP contribution in [0.1, 0.15) is 38.7 Å². The molecular formula is C17H21Cl3O5Si. The minimum absolute atomic E-state index is 0.203. The van der Waals surface area contributed by atoms with Crippen molar-refractivity contribution in [1.29, 1.82) is 0 Å². The molecule has 0 amide bonds. The van der Waals surface area contributed by atoms with Crippen LogP contribution in [0.2, 0.25) is 5.54 Å². The highest BCUT2D eigenvalue weighted by molar-refractivity contribution is 7.65. The average molecular weight is 440 g/mol. The molecule has 0 aromatic heterocycles. The van der Waals surface area contributed by atoms with Crippen molar-refractivity contribution in [3.63, 3.8) is 0 Å². The minimum Gasteiger partial charge on any atom is -0.490 e. The van der Waals surface area contributed by atoms with Gasteiger partial charge >= 0.3 is 17.9 Å². The lowest BCUT2D eigenvalue weighted by molar-refractivity contribution is -0.134. The van der Waals surface area contributed by atoms with Crippen LogP contribution in [0.3, 0.4) is 0 Å². The normalized spacial score (nSPS) is 12.8. The molecule has 144 valence electrons. The molecule has 26 heavy (non-hydrogen) atoms. The number of carboxylic acid groups (broad SMARTS) is 1. The highest BCUT2D eigenvalue weighted by Crippen LogP contribution is 2.40. The summed E-state index contributed by atoms with van der Waals surface area (Å²) < 4.78 is 10.9. The van der Waals surface area contributed by atoms with Crippen LogP contribution in [0.15, 0.2) is 24.3 Å². The van der Waals surface area contributed by atoms with Crippen LogP contribution in [0.5, 0.6) is 11.5 Å². The van der Waals surface area contributed by atoms with E-state index in [1.807, 2.05) is 6.92 Å². The summed E-state index contributed by atoms with van der Waals surface area (Å²) in [4.78, 5) is 23.2. The van der Waals surface area contributed by atoms with Gasteiger partial charge in [-0.3, -0.25) is 4.79 Å². The third kappa shape index (κ3) is 7.58. The Balaban J connectivity index is 3.05. The maximum Gasteiger partial charge on any atom is 0.355 e. The largest absolute Gasteiger partial charge is 0.490 e. The quantitative estimate of drug-likeness (QED) is 0.176. The van der Waals surface area contributed by atoms with Gasteiger partial charge in [-0.15, -0.1) is 33.2 Å². The molecule has 0 fully saturated rings. The first-order valence-corrected chi connectivity index (χ1v) is 13.3. The van der Waals surface area contributed by atoms with Crippen LogP contribution in [0.4, 0.5) is 0 Å². The molecule has 0 aliphatic rings. The second-order valence-corrected chi connectivity index (χ2v) is 14.4. The van der Waals surface area contributed by atoms with Gasteiger partial charge in [0.2, 0.25) is 0 Å². The van der Waals surface area contributed by atoms with Crippen LogP contribution in [0, 0.1) is 0 Å². The SMILES string of the molecule is CCCCC(C(=O)Oc1ccc(/C=C/C(=O)O)cc1OCC)[Si](Cl)(Cl)Cl. The van der Waals surface area contributed by atoms with E-state index in [9.17, 15) is 9.59 Å². The summed E-state index contributed by atoms with van der Waals surface area (Å²) in [5.41, 5.74) is -0.178. The fourth-order valence-electron chi connectivity index (χ4n) is 2.15. The van der Waals surface area contributed by atoms with Crippen molar-refractivity contribution < 1.29 is 24.2 Å². The summed E-state index contributed by atoms with van der Waals surface area (Å²) in [5, 5.41) is 8.71. The fraction of sp³-hybridized carbons (Fsp3) is 0.412. The minimum atomic E-state index is -3.29. The van der Waals surface area contributed by atoms with Gasteiger partial charge in [-0.25, -0.2) is 4.79 Å². The number of esters is 1. The van der Waals surface area contributed by atoms with E-state index in [2.05, 4.69) is 0 Å². The Morgan fingerprint density at radius 1 is 1.23 bits per heavy atom. The van der Waals surface area contributed by atoms with Crippen molar-refractivity contribution in [2.24, 2.45) is 0 Å². The predicted molar refractivity (Wildman–Crippen MR) is 107 cm³/mol. The molecule has 1 aromatic carbocycles. The molecule has 0 radical (unpaired) electrons. The number of ether oxygens (including phenoxy) is 2. The highest BCUT2D eigenvalue weighted by Gasteiger charge is 2.43. The number of carboxylic acids is 1. The van der Waals surface area contributed by atoms with E-state index in [0.29, 0.717) is 24.3 Å². The standard InChI is InChI=1S/C17H21Cl3O5Si/c1-3-5-6-15(26(18,19)20)17(23)25-13-9-7-12(8-10-16(21)22)11-14(13)24-4-2/h7-11,15H,3-6H2,1-2H3,(H,21,22)/b10-8+. The maximum absolute atomic E-state index is 12.5. The van der Waals surface area contributed by atoms with E-state index in [0.717, 1.165) is 18.9 Å². The molecule has 0 bridgehead atoms. The Morgan fingerprint density at radius 2 is 1.92 bits per heavy atom. The molecule has 1 rings (SSSR count). The van der Waals surface area contributed by atoms with E-state index in [1.54, 1.807) is 19.1 Å². The summed E-state index contributed by atoms with van der Waals surface area (Å²) in [6.07, 6.45) is 4.48. The molecule has 0 saturated heterocycles. The molecule has 1 atom stereocenters. The second-order valence-electron chi connectivity index (χ2n) is 5.47. The number of hydrogen-bond donors (Lipinski definition) is 1. The zero-order chi connectivity index (χ0) is 19.7. The third-order valence-corrected chi connectivity index (χ3v) is 7.11. The van der Waals surface area contributed by atoms with Crippen LogP contribution >= 0.6 is 33.2 Å². The number of rotatable bonds is 10. The van der Waals surface area contributed by atoms with E-state index in [4.69, 9.17) is 47.8 Å². The van der Waals surface area contributed by atoms with Gasteiger partial charge in [0.15, 0.2) is 11.5 Å². The number of hydrogen-bond acceptors (Lipinski definition) is 4. The fourth-order valence-corrected chi connectivity index (χ4v) is 4.79. The van der Waals surface area contributed by atoms with Gasteiger partial charge in [-0.1, -0.05) is 25.8 Å². The molecule has 0 saturated carbocycles. The molecule has 5 nitrogen and oxygen atoms in total. The van der Waals surface area contributed by atoms with Gasteiger partial charge in [0.1, 0.15) is 0 Å². The van der Waals surface area contributed by atoms with Gasteiger partial charge in [-0.05, 0) is 37.1 Å². The molecule has 1 N–H and O–H groups in total. The monoisotopic (exact) mass is 438 g/mol. The summed E-state index contributed by atoms with van der Waals surface area (Å²) in [6, 6.07) is 1.43. The number of halogens is 3. The molecule has 9 heteroatoms. The Bertz CT molecular complexity index is 658. The number of aliphatic carboxylic acids is 1. The Labute approximate surface area is 168 Å². The van der Waals surface area contributed by atoms with Gasteiger partial charge < -0.3 is 14.6 Å². The molecule has 0 heterocycles. The lowest BCUT2D eigenvalue weighted by Gasteiger charge is -2.21. The van der Waals surface area contributed by atoms with Gasteiger partial charge in [0.05, 0.1) is 12.1 Å². The smallest absolute Gasteiger partial charge is 0.355 e. The zero-order valence-corrected chi connectivity index (χ0v) is 17.8. The molecule has 0 spiro atoms. The van der Waals surface area contributed by atoms with E-state index in [-0.39, 0.29) is 5.75 Å². The van der Waals surface area contributed by atoms with Crippen molar-refractivity contribution in [2.45, 2.75) is 38.7 Å². The van der Waals surface area contributed by atoms with Crippen LogP contribution < -0.4 is 9.47 Å². The first-order valence-electron chi connectivity index (χ1n) is 8.15. The number of carbonyl (C=O) groups is 2. The van der Waals surface area contributed by atoms with Gasteiger partial charge in [0, 0.05) is 6.08 Å². The van der Waals surface area contributed by atoms with Crippen molar-refractivity contribution in [1.82, 2.24) is 0 Å². The summed E-state index contributed by atoms with van der Waals surface area (Å²) >= 11 is 18.2. The summed E-state index contributed by atoms with van der Waals surface area (Å²) in [6.45, 7) is 4.11. The lowest BCUT2D eigenvalue weighted by atomic mass is 10.2. The van der Waals surface area contributed by atoms with Crippen LogP contribution in [-0.2, 0) is 9.59 Å². The van der Waals surface area contributed by atoms with Gasteiger partial charge in [0.25, 0.3) is 0 Å². The topological polar surface area (TPSA) is 72.8 Å². The van der Waals surface area contributed by atoms with Crippen molar-refractivity contribution in [3.05, 3.63) is 29.8 Å². The molecule has 0 aliphatic carbocycles. The average Bonchev–Trinajstić information content (AvgIpc) is 2.54. The zero-order valence-electron chi connectivity index (χ0n) is 14.5. The number of carbonyl (C=O) groups excluding carboxylic acids is 1. The van der Waals surface area contributed by atoms with E-state index < -0.39 is 23.5 Å². The van der Waals surface area contributed by atoms with Crippen LogP contribution in [0.25, 0.3) is 6.08 Å². The van der Waals surface area contributed by atoms with Crippen molar-refractivity contribution in [2.75, 3.05) is 6.61 Å². The maximum atomic E-state index is 12.5. The number of unbranched alkanes of at least 4 members (excludes halogenated alkanes) is 1. The van der Waals surface area contributed by atoms with E-state index in [1.165, 1.54) is 12.1 Å². The predicted octanol–water partition coefficient (Wildman–Crippen LogP) is 5.30. The first-order chi connectivity index (χ1) is 12.2. The van der Waals surface area contributed by atoms with Crippen molar-refractivity contribution in [3.8, 4) is 11.5 Å². The Hall–Kier alpha value is -1.21. The summed E-state index contributed by atoms with van der Waals surface area (Å²) in [5.74, 6) is -1.15. The summed E-state index contributed by atoms with van der Waals surface area (Å²) in [7, 11) is 0. The van der Waals surface area contributed by atoms with Crippen molar-refractivity contribution >= 4 is 57.3 Å². The Kier molecular flexibility index (Phi) is 9.50. The first kappa shape index (κ1) is 22.8. The third-order valence-electron chi connectivity index (χ3n) is 3.42. The number of benzene rings is 1. The van der Waals surface area contributed by atoms with E-state index >= 15 is 0 Å². The van der Waals surface area contributed by atoms with Gasteiger partial charge in [-0.2, -0.15) is 0 Å². The Morgan fingerprint density at radius 3 is 2.46 bits per heavy atom. The molecule has 1 unspecified atom stereocenters. The lowest BCUT2D eigenvalue weighted by Crippen LogP contribution is -2.30. The molecule has 1 aromatic rings. The molecule has 0 aliphatic heterocycles. The molecular weight excluding hydrogens is 419 g/mol.